The Hall–Kier alpha value is -2.31. The van der Waals surface area contributed by atoms with Crippen molar-refractivity contribution in [2.45, 2.75) is 24.7 Å². The van der Waals surface area contributed by atoms with Gasteiger partial charge in [0.05, 0.1) is 12.4 Å². The maximum Gasteiger partial charge on any atom is 0.200 e. The van der Waals surface area contributed by atoms with Crippen LogP contribution in [0.2, 0.25) is 0 Å². The molecule has 0 radical (unpaired) electrons. The van der Waals surface area contributed by atoms with Gasteiger partial charge in [-0.25, -0.2) is 0 Å². The van der Waals surface area contributed by atoms with Crippen molar-refractivity contribution in [3.05, 3.63) is 66.4 Å². The first kappa shape index (κ1) is 16.5. The number of hydrogen-bond donors (Lipinski definition) is 1. The fourth-order valence-electron chi connectivity index (χ4n) is 2.32. The monoisotopic (exact) mass is 341 g/mol. The number of furan rings is 1. The van der Waals surface area contributed by atoms with Crippen LogP contribution in [-0.4, -0.2) is 25.6 Å². The molecule has 2 aromatic heterocycles. The van der Waals surface area contributed by atoms with Gasteiger partial charge in [0, 0.05) is 12.3 Å². The fraction of sp³-hybridized carbons (Fsp3) is 0.222. The Bertz CT molecular complexity index is 794. The summed E-state index contributed by atoms with van der Waals surface area (Å²) in [4.78, 5) is 0. The number of rotatable bonds is 7. The van der Waals surface area contributed by atoms with Crippen LogP contribution < -0.4 is 0 Å². The third-order valence-corrected chi connectivity index (χ3v) is 4.65. The van der Waals surface area contributed by atoms with E-state index >= 15 is 0 Å². The molecule has 1 N–H and O–H groups in total. The Morgan fingerprint density at radius 3 is 2.75 bits per heavy atom. The van der Waals surface area contributed by atoms with E-state index in [1.54, 1.807) is 12.3 Å². The number of aliphatic hydroxyl groups is 1. The highest BCUT2D eigenvalue weighted by atomic mass is 32.2. The first-order valence-electron chi connectivity index (χ1n) is 7.64. The summed E-state index contributed by atoms with van der Waals surface area (Å²) >= 11 is 1.46. The molecule has 1 atom stereocenters. The van der Waals surface area contributed by atoms with Gasteiger partial charge in [-0.15, -0.1) is 16.8 Å². The summed E-state index contributed by atoms with van der Waals surface area (Å²) in [6, 6.07) is 11.6. The molecule has 0 saturated heterocycles. The molecule has 24 heavy (non-hydrogen) atoms. The van der Waals surface area contributed by atoms with Gasteiger partial charge < -0.3 is 9.52 Å². The molecular formula is C18H19N3O2S. The first-order valence-corrected chi connectivity index (χ1v) is 8.63. The molecule has 0 aliphatic rings. The number of thioether (sulfide) groups is 1. The third-order valence-electron chi connectivity index (χ3n) is 3.60. The molecule has 1 unspecified atom stereocenters. The van der Waals surface area contributed by atoms with Crippen LogP contribution in [0.5, 0.6) is 0 Å². The highest BCUT2D eigenvalue weighted by molar-refractivity contribution is 7.99. The highest BCUT2D eigenvalue weighted by Crippen LogP contribution is 2.27. The molecule has 1 aromatic carbocycles. The second-order valence-corrected chi connectivity index (χ2v) is 6.41. The van der Waals surface area contributed by atoms with E-state index in [4.69, 9.17) is 4.42 Å². The summed E-state index contributed by atoms with van der Waals surface area (Å²) < 4.78 is 7.34. The van der Waals surface area contributed by atoms with E-state index in [1.807, 2.05) is 47.9 Å². The lowest BCUT2D eigenvalue weighted by Crippen LogP contribution is -2.04. The second-order valence-electron chi connectivity index (χ2n) is 5.42. The number of benzene rings is 1. The lowest BCUT2D eigenvalue weighted by Gasteiger charge is -2.11. The number of aryl methyl sites for hydroxylation is 1. The lowest BCUT2D eigenvalue weighted by molar-refractivity contribution is 0.204. The van der Waals surface area contributed by atoms with Gasteiger partial charge in [0.1, 0.15) is 0 Å². The molecule has 0 fully saturated rings. The van der Waals surface area contributed by atoms with Crippen LogP contribution in [0.1, 0.15) is 17.2 Å². The van der Waals surface area contributed by atoms with Crippen LogP contribution in [0.4, 0.5) is 0 Å². The molecule has 0 saturated carbocycles. The van der Waals surface area contributed by atoms with Gasteiger partial charge in [0.2, 0.25) is 5.82 Å². The Balaban J connectivity index is 1.75. The summed E-state index contributed by atoms with van der Waals surface area (Å²) in [6.07, 6.45) is 2.84. The molecular weight excluding hydrogens is 322 g/mol. The van der Waals surface area contributed by atoms with Crippen LogP contribution in [0.25, 0.3) is 11.6 Å². The zero-order valence-electron chi connectivity index (χ0n) is 13.4. The van der Waals surface area contributed by atoms with Gasteiger partial charge >= 0.3 is 0 Å². The van der Waals surface area contributed by atoms with E-state index in [2.05, 4.69) is 16.8 Å². The Morgan fingerprint density at radius 1 is 1.29 bits per heavy atom. The van der Waals surface area contributed by atoms with Crippen LogP contribution in [0, 0.1) is 6.92 Å². The Morgan fingerprint density at radius 2 is 2.08 bits per heavy atom. The fourth-order valence-corrected chi connectivity index (χ4v) is 3.23. The topological polar surface area (TPSA) is 64.1 Å². The maximum atomic E-state index is 10.4. The average Bonchev–Trinajstić information content (AvgIpc) is 3.23. The molecule has 0 aliphatic heterocycles. The van der Waals surface area contributed by atoms with Gasteiger partial charge in [0.25, 0.3) is 0 Å². The minimum atomic E-state index is -0.559. The van der Waals surface area contributed by atoms with Gasteiger partial charge in [-0.1, -0.05) is 47.7 Å². The zero-order valence-corrected chi connectivity index (χ0v) is 14.2. The number of aliphatic hydroxyl groups excluding tert-OH is 1. The van der Waals surface area contributed by atoms with Gasteiger partial charge in [-0.2, -0.15) is 0 Å². The van der Waals surface area contributed by atoms with E-state index in [0.29, 0.717) is 23.9 Å². The van der Waals surface area contributed by atoms with Crippen molar-refractivity contribution in [2.24, 2.45) is 0 Å². The normalized spacial score (nSPS) is 12.2. The van der Waals surface area contributed by atoms with Crippen molar-refractivity contribution in [2.75, 3.05) is 5.75 Å². The largest absolute Gasteiger partial charge is 0.461 e. The van der Waals surface area contributed by atoms with Crippen molar-refractivity contribution in [1.29, 1.82) is 0 Å². The van der Waals surface area contributed by atoms with Crippen LogP contribution in [-0.2, 0) is 6.54 Å². The molecule has 124 valence electrons. The molecule has 5 nitrogen and oxygen atoms in total. The van der Waals surface area contributed by atoms with Crippen molar-refractivity contribution in [3.63, 3.8) is 0 Å². The van der Waals surface area contributed by atoms with Gasteiger partial charge in [-0.05, 0) is 24.6 Å². The molecule has 0 aliphatic carbocycles. The molecule has 0 spiro atoms. The second kappa shape index (κ2) is 7.51. The predicted octanol–water partition coefficient (Wildman–Crippen LogP) is 3.86. The van der Waals surface area contributed by atoms with Crippen LogP contribution >= 0.6 is 11.8 Å². The minimum Gasteiger partial charge on any atom is -0.461 e. The summed E-state index contributed by atoms with van der Waals surface area (Å²) in [5.41, 5.74) is 2.07. The molecule has 2 heterocycles. The van der Waals surface area contributed by atoms with E-state index in [-0.39, 0.29) is 0 Å². The highest BCUT2D eigenvalue weighted by Gasteiger charge is 2.17. The van der Waals surface area contributed by atoms with Crippen molar-refractivity contribution < 1.29 is 9.52 Å². The van der Waals surface area contributed by atoms with Crippen LogP contribution in [0.3, 0.4) is 0 Å². The third kappa shape index (κ3) is 3.60. The maximum absolute atomic E-state index is 10.4. The number of nitrogens with zero attached hydrogens (tertiary/aromatic N) is 3. The van der Waals surface area contributed by atoms with Crippen LogP contribution in [0.15, 0.2) is 64.9 Å². The van der Waals surface area contributed by atoms with E-state index < -0.39 is 6.10 Å². The summed E-state index contributed by atoms with van der Waals surface area (Å²) in [6.45, 7) is 6.39. The van der Waals surface area contributed by atoms with Gasteiger partial charge in [-0.3, -0.25) is 4.57 Å². The number of aromatic nitrogens is 3. The van der Waals surface area contributed by atoms with Crippen molar-refractivity contribution >= 4 is 11.8 Å². The average molecular weight is 341 g/mol. The predicted molar refractivity (Wildman–Crippen MR) is 94.8 cm³/mol. The minimum absolute atomic E-state index is 0.497. The van der Waals surface area contributed by atoms with Crippen molar-refractivity contribution in [1.82, 2.24) is 14.8 Å². The Labute approximate surface area is 145 Å². The first-order chi connectivity index (χ1) is 11.7. The smallest absolute Gasteiger partial charge is 0.200 e. The summed E-state index contributed by atoms with van der Waals surface area (Å²) in [7, 11) is 0. The molecule has 3 aromatic rings. The molecule has 6 heteroatoms. The summed E-state index contributed by atoms with van der Waals surface area (Å²) in [5, 5.41) is 19.5. The number of hydrogen-bond acceptors (Lipinski definition) is 5. The summed E-state index contributed by atoms with van der Waals surface area (Å²) in [5.74, 6) is 1.82. The van der Waals surface area contributed by atoms with E-state index in [1.165, 1.54) is 17.3 Å². The van der Waals surface area contributed by atoms with E-state index in [0.717, 1.165) is 10.7 Å². The van der Waals surface area contributed by atoms with Crippen molar-refractivity contribution in [3.8, 4) is 11.6 Å². The van der Waals surface area contributed by atoms with Gasteiger partial charge in [0.15, 0.2) is 10.9 Å². The molecule has 0 amide bonds. The Kier molecular flexibility index (Phi) is 5.17. The van der Waals surface area contributed by atoms with E-state index in [9.17, 15) is 5.11 Å². The SMILES string of the molecule is C=CCn1c(SCC(O)c2ccc(C)cc2)nnc1-c1ccco1. The quantitative estimate of drug-likeness (QED) is 0.522. The molecule has 3 rings (SSSR count). The lowest BCUT2D eigenvalue weighted by atomic mass is 10.1. The number of allylic oxidation sites excluding steroid dienone is 1. The zero-order chi connectivity index (χ0) is 16.9. The molecule has 0 bridgehead atoms. The standard InChI is InChI=1S/C18H19N3O2S/c1-3-10-21-17(16-5-4-11-23-16)19-20-18(21)24-12-15(22)14-8-6-13(2)7-9-14/h3-9,11,15,22H,1,10,12H2,2H3.